The zero-order valence-corrected chi connectivity index (χ0v) is 14.1. The van der Waals surface area contributed by atoms with Gasteiger partial charge in [-0.3, -0.25) is 24.8 Å². The summed E-state index contributed by atoms with van der Waals surface area (Å²) in [5, 5.41) is 16.1. The van der Waals surface area contributed by atoms with Crippen molar-refractivity contribution in [2.45, 2.75) is 12.8 Å². The summed E-state index contributed by atoms with van der Waals surface area (Å²) >= 11 is 0. The maximum absolute atomic E-state index is 12.4. The molecule has 4 N–H and O–H groups in total. The molecule has 2 aliphatic heterocycles. The van der Waals surface area contributed by atoms with E-state index < -0.39 is 5.97 Å². The molecule has 0 aliphatic carbocycles. The van der Waals surface area contributed by atoms with Crippen molar-refractivity contribution in [2.24, 2.45) is 5.73 Å². The van der Waals surface area contributed by atoms with Gasteiger partial charge < -0.3 is 20.6 Å². The van der Waals surface area contributed by atoms with Gasteiger partial charge in [0.05, 0.1) is 6.54 Å². The van der Waals surface area contributed by atoms with Gasteiger partial charge in [0.1, 0.15) is 0 Å². The van der Waals surface area contributed by atoms with Crippen molar-refractivity contribution in [3.05, 3.63) is 0 Å². The number of nitrogens with two attached hydrogens (primary N) is 1. The van der Waals surface area contributed by atoms with Gasteiger partial charge >= 0.3 is 5.97 Å². The lowest BCUT2D eigenvalue weighted by molar-refractivity contribution is -0.137. The first-order valence-electron chi connectivity index (χ1n) is 8.49. The normalized spacial score (nSPS) is 20.2. The van der Waals surface area contributed by atoms with Crippen LogP contribution < -0.4 is 5.73 Å². The van der Waals surface area contributed by atoms with Crippen LogP contribution >= 0.6 is 0 Å². The second-order valence-corrected chi connectivity index (χ2v) is 6.37. The Bertz CT molecular complexity index is 456. The largest absolute Gasteiger partial charge is 0.481 e. The molecule has 0 bridgehead atoms. The average Bonchev–Trinajstić information content (AvgIpc) is 2.55. The van der Waals surface area contributed by atoms with Crippen LogP contribution in [0, 0.1) is 5.41 Å². The third-order valence-electron chi connectivity index (χ3n) is 4.66. The molecule has 2 rings (SSSR count). The Labute approximate surface area is 142 Å². The summed E-state index contributed by atoms with van der Waals surface area (Å²) in [6, 6.07) is 0. The highest BCUT2D eigenvalue weighted by molar-refractivity contribution is 5.78. The van der Waals surface area contributed by atoms with Gasteiger partial charge in [-0.1, -0.05) is 0 Å². The van der Waals surface area contributed by atoms with Crippen LogP contribution in [0.15, 0.2) is 0 Å². The molecule has 2 fully saturated rings. The van der Waals surface area contributed by atoms with Crippen molar-refractivity contribution in [3.63, 3.8) is 0 Å². The summed E-state index contributed by atoms with van der Waals surface area (Å²) in [5.41, 5.74) is 5.47. The Morgan fingerprint density at radius 1 is 0.917 bits per heavy atom. The maximum Gasteiger partial charge on any atom is 0.303 e. The second kappa shape index (κ2) is 8.84. The van der Waals surface area contributed by atoms with E-state index in [1.165, 1.54) is 0 Å². The summed E-state index contributed by atoms with van der Waals surface area (Å²) in [6.45, 7) is 7.12. The third-order valence-corrected chi connectivity index (χ3v) is 4.66. The highest BCUT2D eigenvalue weighted by Gasteiger charge is 2.24. The molecule has 2 heterocycles. The van der Waals surface area contributed by atoms with Crippen LogP contribution in [-0.2, 0) is 9.59 Å². The molecule has 9 nitrogen and oxygen atoms in total. The third kappa shape index (κ3) is 5.64. The van der Waals surface area contributed by atoms with Crippen molar-refractivity contribution in [1.82, 2.24) is 19.6 Å². The second-order valence-electron chi connectivity index (χ2n) is 6.37. The molecule has 0 unspecified atom stereocenters. The number of hydrogen-bond acceptors (Lipinski definition) is 5. The lowest BCUT2D eigenvalue weighted by Crippen LogP contribution is -2.55. The van der Waals surface area contributed by atoms with E-state index in [0.717, 1.165) is 32.7 Å². The lowest BCUT2D eigenvalue weighted by atomic mass is 10.2. The van der Waals surface area contributed by atoms with E-state index in [2.05, 4.69) is 9.80 Å². The molecule has 9 heteroatoms. The standard InChI is InChI=1S/C15H28N6O3/c16-15(17)21-10-6-19(7-11-21)12-13(22)20-8-4-18(5-9-20)3-1-2-14(23)24/h1-12H2,(H3,16,17)(H,23,24). The first-order valence-corrected chi connectivity index (χ1v) is 8.49. The molecule has 2 saturated heterocycles. The van der Waals surface area contributed by atoms with Gasteiger partial charge in [0.15, 0.2) is 5.96 Å². The van der Waals surface area contributed by atoms with Gasteiger partial charge in [-0.15, -0.1) is 0 Å². The number of nitrogens with one attached hydrogen (secondary N) is 1. The molecule has 0 radical (unpaired) electrons. The van der Waals surface area contributed by atoms with Crippen molar-refractivity contribution < 1.29 is 14.7 Å². The van der Waals surface area contributed by atoms with E-state index in [4.69, 9.17) is 16.2 Å². The Hall–Kier alpha value is -1.87. The number of guanidine groups is 1. The van der Waals surface area contributed by atoms with Crippen molar-refractivity contribution in [1.29, 1.82) is 5.41 Å². The van der Waals surface area contributed by atoms with Gasteiger partial charge in [-0.05, 0) is 13.0 Å². The Kier molecular flexibility index (Phi) is 6.80. The molecular weight excluding hydrogens is 312 g/mol. The zero-order valence-electron chi connectivity index (χ0n) is 14.1. The van der Waals surface area contributed by atoms with Crippen molar-refractivity contribution in [3.8, 4) is 0 Å². The maximum atomic E-state index is 12.4. The lowest BCUT2D eigenvalue weighted by Gasteiger charge is -2.38. The summed E-state index contributed by atoms with van der Waals surface area (Å²) in [4.78, 5) is 31.0. The van der Waals surface area contributed by atoms with Crippen molar-refractivity contribution >= 4 is 17.8 Å². The molecule has 0 aromatic rings. The highest BCUT2D eigenvalue weighted by atomic mass is 16.4. The Morgan fingerprint density at radius 3 is 2.00 bits per heavy atom. The Balaban J connectivity index is 1.64. The summed E-state index contributed by atoms with van der Waals surface area (Å²) in [5.74, 6) is -0.509. The predicted molar refractivity (Wildman–Crippen MR) is 89.8 cm³/mol. The fourth-order valence-electron chi connectivity index (χ4n) is 3.11. The SMILES string of the molecule is N=C(N)N1CCN(CC(=O)N2CCN(CCCC(=O)O)CC2)CC1. The van der Waals surface area contributed by atoms with Gasteiger partial charge in [0, 0.05) is 58.8 Å². The molecule has 136 valence electrons. The van der Waals surface area contributed by atoms with E-state index in [-0.39, 0.29) is 18.3 Å². The van der Waals surface area contributed by atoms with E-state index in [9.17, 15) is 9.59 Å². The number of aliphatic carboxylic acids is 1. The first kappa shape index (κ1) is 18.5. The minimum atomic E-state index is -0.756. The molecule has 0 aromatic heterocycles. The van der Waals surface area contributed by atoms with Crippen LogP contribution in [0.3, 0.4) is 0 Å². The molecule has 0 spiro atoms. The molecule has 0 saturated carbocycles. The molecule has 2 aliphatic rings. The van der Waals surface area contributed by atoms with Crippen LogP contribution in [0.4, 0.5) is 0 Å². The van der Waals surface area contributed by atoms with Crippen LogP contribution in [0.25, 0.3) is 0 Å². The first-order chi connectivity index (χ1) is 11.5. The number of carbonyl (C=O) groups is 2. The Morgan fingerprint density at radius 2 is 1.46 bits per heavy atom. The fraction of sp³-hybridized carbons (Fsp3) is 0.800. The average molecular weight is 340 g/mol. The van der Waals surface area contributed by atoms with E-state index in [1.807, 2.05) is 9.80 Å². The monoisotopic (exact) mass is 340 g/mol. The van der Waals surface area contributed by atoms with Gasteiger partial charge in [-0.2, -0.15) is 0 Å². The van der Waals surface area contributed by atoms with Gasteiger partial charge in [0.25, 0.3) is 0 Å². The van der Waals surface area contributed by atoms with Crippen molar-refractivity contribution in [2.75, 3.05) is 65.4 Å². The fourth-order valence-corrected chi connectivity index (χ4v) is 3.11. The van der Waals surface area contributed by atoms with Gasteiger partial charge in [-0.25, -0.2) is 0 Å². The number of carboxylic acids is 1. The number of hydrogen-bond donors (Lipinski definition) is 3. The number of piperazine rings is 2. The van der Waals surface area contributed by atoms with Gasteiger partial charge in [0.2, 0.25) is 5.91 Å². The zero-order chi connectivity index (χ0) is 17.5. The summed E-state index contributed by atoms with van der Waals surface area (Å²) in [7, 11) is 0. The smallest absolute Gasteiger partial charge is 0.303 e. The predicted octanol–water partition coefficient (Wildman–Crippen LogP) is -1.49. The van der Waals surface area contributed by atoms with Crippen LogP contribution in [0.1, 0.15) is 12.8 Å². The van der Waals surface area contributed by atoms with E-state index in [0.29, 0.717) is 39.1 Å². The van der Waals surface area contributed by atoms with Crippen LogP contribution in [0.2, 0.25) is 0 Å². The van der Waals surface area contributed by atoms with E-state index in [1.54, 1.807) is 0 Å². The molecule has 24 heavy (non-hydrogen) atoms. The minimum Gasteiger partial charge on any atom is -0.481 e. The topological polar surface area (TPSA) is 117 Å². The number of carbonyl (C=O) groups excluding carboxylic acids is 1. The number of rotatable bonds is 6. The van der Waals surface area contributed by atoms with Crippen LogP contribution in [-0.4, -0.2) is 108 Å². The number of carboxylic acid groups (broad SMARTS) is 1. The number of amides is 1. The highest BCUT2D eigenvalue weighted by Crippen LogP contribution is 2.06. The molecular formula is C15H28N6O3. The quantitative estimate of drug-likeness (QED) is 0.398. The number of nitrogens with zero attached hydrogens (tertiary/aromatic N) is 4. The summed E-state index contributed by atoms with van der Waals surface area (Å²) < 4.78 is 0. The van der Waals surface area contributed by atoms with Crippen LogP contribution in [0.5, 0.6) is 0 Å². The molecule has 0 aromatic carbocycles. The summed E-state index contributed by atoms with van der Waals surface area (Å²) in [6.07, 6.45) is 0.856. The molecule has 1 amide bonds. The van der Waals surface area contributed by atoms with E-state index >= 15 is 0 Å². The minimum absolute atomic E-state index is 0.0972. The molecule has 0 atom stereocenters.